The fourth-order valence-corrected chi connectivity index (χ4v) is 6.60. The minimum atomic E-state index is -1.01. The Bertz CT molecular complexity index is 1120. The molecule has 0 radical (unpaired) electrons. The van der Waals surface area contributed by atoms with Gasteiger partial charge in [-0.2, -0.15) is 0 Å². The van der Waals surface area contributed by atoms with Gasteiger partial charge in [-0.25, -0.2) is 0 Å². The number of hydrogen-bond donors (Lipinski definition) is 0. The third-order valence-corrected chi connectivity index (χ3v) is 8.81. The lowest BCUT2D eigenvalue weighted by atomic mass is 9.86. The third kappa shape index (κ3) is 7.08. The lowest BCUT2D eigenvalue weighted by molar-refractivity contribution is -0.507. The van der Waals surface area contributed by atoms with Gasteiger partial charge in [-0.05, 0) is 49.7 Å². The summed E-state index contributed by atoms with van der Waals surface area (Å²) >= 11 is 0. The third-order valence-electron chi connectivity index (χ3n) is 8.81. The van der Waals surface area contributed by atoms with Gasteiger partial charge < -0.3 is 37.9 Å². The van der Waals surface area contributed by atoms with Crippen molar-refractivity contribution in [3.63, 3.8) is 0 Å². The van der Waals surface area contributed by atoms with Gasteiger partial charge >= 0.3 is 0 Å². The molecule has 4 fully saturated rings. The normalized spacial score (nSPS) is 34.2. The van der Waals surface area contributed by atoms with E-state index in [4.69, 9.17) is 37.9 Å². The summed E-state index contributed by atoms with van der Waals surface area (Å²) in [6.45, 7) is 6.71. The molecule has 4 aliphatic heterocycles. The van der Waals surface area contributed by atoms with E-state index < -0.39 is 42.3 Å². The topological polar surface area (TPSA) is 73.8 Å². The highest BCUT2D eigenvalue weighted by Gasteiger charge is 2.67. The van der Waals surface area contributed by atoms with Crippen LogP contribution in [0.4, 0.5) is 0 Å². The smallest absolute Gasteiger partial charge is 0.224 e. The maximum atomic E-state index is 7.14. The van der Waals surface area contributed by atoms with E-state index in [0.717, 1.165) is 49.7 Å². The summed E-state index contributed by atoms with van der Waals surface area (Å²) in [5, 5.41) is 0. The molecule has 234 valence electrons. The Kier molecular flexibility index (Phi) is 10.6. The molecule has 0 bridgehead atoms. The zero-order valence-corrected chi connectivity index (χ0v) is 25.1. The fourth-order valence-electron chi connectivity index (χ4n) is 6.60. The maximum Gasteiger partial charge on any atom is 0.224 e. The van der Waals surface area contributed by atoms with Crippen LogP contribution in [0, 0.1) is 0 Å². The summed E-state index contributed by atoms with van der Waals surface area (Å²) in [4.78, 5) is 0. The van der Waals surface area contributed by atoms with Crippen LogP contribution in [0.5, 0.6) is 0 Å². The number of rotatable bonds is 12. The van der Waals surface area contributed by atoms with Crippen molar-refractivity contribution in [1.29, 1.82) is 0 Å². The van der Waals surface area contributed by atoms with Gasteiger partial charge in [-0.1, -0.05) is 66.7 Å². The Labute approximate surface area is 255 Å². The van der Waals surface area contributed by atoms with E-state index in [1.165, 1.54) is 0 Å². The average molecular weight is 595 g/mol. The molecule has 2 spiro atoms. The van der Waals surface area contributed by atoms with Gasteiger partial charge in [0.15, 0.2) is 6.29 Å². The monoisotopic (exact) mass is 594 g/mol. The summed E-state index contributed by atoms with van der Waals surface area (Å²) in [5.41, 5.74) is 2.16. The van der Waals surface area contributed by atoms with Crippen molar-refractivity contribution in [2.45, 2.75) is 107 Å². The molecule has 0 aliphatic carbocycles. The lowest BCUT2D eigenvalue weighted by Crippen LogP contribution is -2.76. The largest absolute Gasteiger partial charge is 0.374 e. The number of hydrogen-bond acceptors (Lipinski definition) is 8. The molecule has 8 nitrogen and oxygen atoms in total. The molecule has 8 heteroatoms. The second-order valence-corrected chi connectivity index (χ2v) is 11.9. The Morgan fingerprint density at radius 2 is 1.40 bits per heavy atom. The molecule has 2 aromatic rings. The second-order valence-electron chi connectivity index (χ2n) is 11.9. The lowest BCUT2D eigenvalue weighted by Gasteiger charge is -2.61. The van der Waals surface area contributed by atoms with Crippen molar-refractivity contribution in [2.24, 2.45) is 0 Å². The number of ether oxygens (including phenoxy) is 8. The van der Waals surface area contributed by atoms with Gasteiger partial charge in [0.1, 0.15) is 24.4 Å². The van der Waals surface area contributed by atoms with Crippen molar-refractivity contribution in [3.8, 4) is 0 Å². The van der Waals surface area contributed by atoms with Gasteiger partial charge in [-0.3, -0.25) is 0 Å². The average Bonchev–Trinajstić information content (AvgIpc) is 3.05. The minimum absolute atomic E-state index is 0.307. The summed E-state index contributed by atoms with van der Waals surface area (Å²) in [5.74, 6) is -2.02. The molecule has 0 aromatic heterocycles. The Hall–Kier alpha value is -2.14. The molecule has 4 heterocycles. The van der Waals surface area contributed by atoms with E-state index in [1.807, 2.05) is 42.5 Å². The Balaban J connectivity index is 1.29. The summed E-state index contributed by atoms with van der Waals surface area (Å²) in [6, 6.07) is 20.3. The van der Waals surface area contributed by atoms with Crippen LogP contribution in [0.15, 0.2) is 73.3 Å². The van der Waals surface area contributed by atoms with E-state index in [-0.39, 0.29) is 0 Å². The molecule has 0 amide bonds. The number of fused-ring (bicyclic) bond motifs is 2. The van der Waals surface area contributed by atoms with Crippen molar-refractivity contribution < 1.29 is 37.9 Å². The molecule has 2 aromatic carbocycles. The highest BCUT2D eigenvalue weighted by atomic mass is 16.8. The van der Waals surface area contributed by atoms with Crippen LogP contribution in [-0.2, 0) is 51.1 Å². The molecule has 6 rings (SSSR count). The summed E-state index contributed by atoms with van der Waals surface area (Å²) < 4.78 is 53.2. The van der Waals surface area contributed by atoms with E-state index in [9.17, 15) is 0 Å². The first kappa shape index (κ1) is 30.9. The van der Waals surface area contributed by atoms with Crippen molar-refractivity contribution in [1.82, 2.24) is 0 Å². The van der Waals surface area contributed by atoms with Crippen LogP contribution in [0.25, 0.3) is 0 Å². The predicted octanol–water partition coefficient (Wildman–Crippen LogP) is 6.07. The van der Waals surface area contributed by atoms with E-state index in [0.29, 0.717) is 52.5 Å². The van der Waals surface area contributed by atoms with Gasteiger partial charge in [0, 0.05) is 12.8 Å². The number of benzene rings is 2. The molecule has 43 heavy (non-hydrogen) atoms. The van der Waals surface area contributed by atoms with Gasteiger partial charge in [0.05, 0.1) is 39.6 Å². The fraction of sp³-hybridized carbons (Fsp3) is 0.600. The molecular weight excluding hydrogens is 548 g/mol. The Morgan fingerprint density at radius 1 is 0.767 bits per heavy atom. The zero-order chi connectivity index (χ0) is 29.4. The highest BCUT2D eigenvalue weighted by Crippen LogP contribution is 2.52. The quantitative estimate of drug-likeness (QED) is 0.217. The van der Waals surface area contributed by atoms with Crippen LogP contribution in [0.2, 0.25) is 0 Å². The minimum Gasteiger partial charge on any atom is -0.374 e. The first-order chi connectivity index (χ1) is 21.2. The molecule has 4 aliphatic rings. The molecule has 4 saturated heterocycles. The summed E-state index contributed by atoms with van der Waals surface area (Å²) in [7, 11) is 0. The first-order valence-corrected chi connectivity index (χ1v) is 16.0. The van der Waals surface area contributed by atoms with Crippen molar-refractivity contribution in [2.75, 3.05) is 26.4 Å². The van der Waals surface area contributed by atoms with Crippen LogP contribution in [-0.4, -0.2) is 68.7 Å². The SMILES string of the molecule is C=CCCCO[C@@H]1O[C@H](COCc2ccccc2)[C@H]2OC3(CCCCO3)C3(CCCCO3)O[C@@H]2[C@H]1OCc1ccccc1. The molecular formula is C35H46O8. The highest BCUT2D eigenvalue weighted by molar-refractivity contribution is 5.14. The van der Waals surface area contributed by atoms with E-state index in [2.05, 4.69) is 30.8 Å². The Morgan fingerprint density at radius 3 is 2.00 bits per heavy atom. The maximum absolute atomic E-state index is 7.14. The van der Waals surface area contributed by atoms with Crippen LogP contribution >= 0.6 is 0 Å². The molecule has 0 saturated carbocycles. The van der Waals surface area contributed by atoms with Crippen LogP contribution in [0.3, 0.4) is 0 Å². The van der Waals surface area contributed by atoms with E-state index in [1.54, 1.807) is 0 Å². The van der Waals surface area contributed by atoms with Gasteiger partial charge in [0.25, 0.3) is 0 Å². The van der Waals surface area contributed by atoms with Crippen molar-refractivity contribution >= 4 is 0 Å². The standard InChI is InChI=1S/C35H46O8/c1-2-3-12-21-37-33-32(38-25-28-17-8-5-9-18-28)31-30(29(41-33)26-36-24-27-15-6-4-7-16-27)42-34(19-10-13-22-39-34)35(43-31)20-11-14-23-40-35/h2,4-9,15-18,29-33H,1,3,10-14,19-26H2/t29-,30-,31+,32-,33-,34?,35?/m1/s1. The van der Waals surface area contributed by atoms with Gasteiger partial charge in [-0.15, -0.1) is 6.58 Å². The van der Waals surface area contributed by atoms with Crippen LogP contribution in [0.1, 0.15) is 62.5 Å². The van der Waals surface area contributed by atoms with E-state index >= 15 is 0 Å². The van der Waals surface area contributed by atoms with Crippen LogP contribution < -0.4 is 0 Å². The van der Waals surface area contributed by atoms with Crippen molar-refractivity contribution in [3.05, 3.63) is 84.4 Å². The summed E-state index contributed by atoms with van der Waals surface area (Å²) in [6.07, 6.45) is 6.20. The number of unbranched alkanes of at least 4 members (excludes halogenated alkanes) is 1. The zero-order valence-electron chi connectivity index (χ0n) is 25.1. The molecule has 7 atom stereocenters. The molecule has 0 N–H and O–H groups in total. The number of allylic oxidation sites excluding steroid dienone is 1. The molecule has 2 unspecified atom stereocenters. The second kappa shape index (κ2) is 14.8. The predicted molar refractivity (Wildman–Crippen MR) is 160 cm³/mol. The van der Waals surface area contributed by atoms with Gasteiger partial charge in [0.2, 0.25) is 11.6 Å². The first-order valence-electron chi connectivity index (χ1n) is 16.0.